The molecule has 6 nitrogen and oxygen atoms in total. The Balaban J connectivity index is 0.00000176. The quantitative estimate of drug-likeness (QED) is 0.557. The Labute approximate surface area is 161 Å². The number of hydrogen-bond donors (Lipinski definition) is 4. The Bertz CT molecular complexity index is 764. The molecular formula is C21H30N4O2. The number of amides is 2. The topological polar surface area (TPSA) is 96.2 Å². The lowest BCUT2D eigenvalue weighted by molar-refractivity contribution is -0.116. The molecule has 0 fully saturated rings. The second-order valence-corrected chi connectivity index (χ2v) is 5.81. The molecule has 0 aliphatic rings. The van der Waals surface area contributed by atoms with Crippen LogP contribution in [-0.2, 0) is 4.79 Å². The van der Waals surface area contributed by atoms with E-state index in [0.29, 0.717) is 29.0 Å². The van der Waals surface area contributed by atoms with Crippen molar-refractivity contribution in [2.45, 2.75) is 40.5 Å². The maximum Gasteiger partial charge on any atom is 0.255 e. The number of para-hydroxylation sites is 2. The van der Waals surface area contributed by atoms with Gasteiger partial charge in [-0.3, -0.25) is 9.59 Å². The predicted octanol–water partition coefficient (Wildman–Crippen LogP) is 4.64. The van der Waals surface area contributed by atoms with Crippen molar-refractivity contribution >= 4 is 34.6 Å². The molecule has 0 heterocycles. The van der Waals surface area contributed by atoms with Crippen LogP contribution in [0.2, 0.25) is 0 Å². The van der Waals surface area contributed by atoms with Crippen molar-refractivity contribution in [3.8, 4) is 0 Å². The maximum absolute atomic E-state index is 12.5. The molecule has 2 aromatic carbocycles. The standard InChI is InChI=1S/C19H24N4O2.C2H6/c1-4-7-17(24)23-18-12(2)10-13(11-14(18)20)19(25)22-16-9-6-5-8-15(16)21-3;1-2/h5-6,8-11,21H,4,7,20H2,1-3H3,(H,22,25)(H,23,24);1-2H3. The van der Waals surface area contributed by atoms with Gasteiger partial charge < -0.3 is 21.7 Å². The summed E-state index contributed by atoms with van der Waals surface area (Å²) in [5, 5.41) is 8.71. The maximum atomic E-state index is 12.5. The number of nitrogens with two attached hydrogens (primary N) is 1. The zero-order valence-corrected chi connectivity index (χ0v) is 16.8. The van der Waals surface area contributed by atoms with Crippen LogP contribution in [0.4, 0.5) is 22.7 Å². The van der Waals surface area contributed by atoms with Crippen LogP contribution in [0, 0.1) is 6.92 Å². The largest absolute Gasteiger partial charge is 0.397 e. The first kappa shape index (κ1) is 22.0. The average molecular weight is 370 g/mol. The van der Waals surface area contributed by atoms with E-state index >= 15 is 0 Å². The van der Waals surface area contributed by atoms with Gasteiger partial charge in [-0.05, 0) is 43.2 Å². The summed E-state index contributed by atoms with van der Waals surface area (Å²) in [6, 6.07) is 10.7. The van der Waals surface area contributed by atoms with E-state index in [1.54, 1.807) is 19.2 Å². The smallest absolute Gasteiger partial charge is 0.255 e. The van der Waals surface area contributed by atoms with Crippen LogP contribution >= 0.6 is 0 Å². The molecule has 0 radical (unpaired) electrons. The van der Waals surface area contributed by atoms with Crippen molar-refractivity contribution in [2.24, 2.45) is 0 Å². The summed E-state index contributed by atoms with van der Waals surface area (Å²) in [7, 11) is 1.79. The number of carbonyl (C=O) groups is 2. The molecule has 0 saturated carbocycles. The number of anilines is 4. The molecule has 5 N–H and O–H groups in total. The van der Waals surface area contributed by atoms with Crippen LogP contribution in [0.15, 0.2) is 36.4 Å². The summed E-state index contributed by atoms with van der Waals surface area (Å²) >= 11 is 0. The number of aryl methyl sites for hydroxylation is 1. The van der Waals surface area contributed by atoms with Crippen molar-refractivity contribution in [2.75, 3.05) is 28.7 Å². The summed E-state index contributed by atoms with van der Waals surface area (Å²) in [5.74, 6) is -0.346. The number of nitrogens with one attached hydrogen (secondary N) is 3. The summed E-state index contributed by atoms with van der Waals surface area (Å²) in [4.78, 5) is 24.3. The number of hydrogen-bond acceptors (Lipinski definition) is 4. The van der Waals surface area contributed by atoms with Gasteiger partial charge in [-0.2, -0.15) is 0 Å². The highest BCUT2D eigenvalue weighted by Crippen LogP contribution is 2.27. The molecule has 0 atom stereocenters. The monoisotopic (exact) mass is 370 g/mol. The first-order valence-corrected chi connectivity index (χ1v) is 9.24. The third-order valence-corrected chi connectivity index (χ3v) is 3.81. The van der Waals surface area contributed by atoms with Crippen LogP contribution < -0.4 is 21.7 Å². The van der Waals surface area contributed by atoms with Gasteiger partial charge in [0, 0.05) is 19.0 Å². The van der Waals surface area contributed by atoms with Gasteiger partial charge in [-0.25, -0.2) is 0 Å². The van der Waals surface area contributed by atoms with Gasteiger partial charge >= 0.3 is 0 Å². The van der Waals surface area contributed by atoms with E-state index in [9.17, 15) is 9.59 Å². The van der Waals surface area contributed by atoms with Crippen molar-refractivity contribution in [1.82, 2.24) is 0 Å². The Kier molecular flexibility index (Phi) is 8.85. The van der Waals surface area contributed by atoms with E-state index < -0.39 is 0 Å². The minimum Gasteiger partial charge on any atom is -0.397 e. The summed E-state index contributed by atoms with van der Waals surface area (Å²) in [5.41, 5.74) is 9.68. The lowest BCUT2D eigenvalue weighted by Gasteiger charge is -2.14. The summed E-state index contributed by atoms with van der Waals surface area (Å²) in [6.45, 7) is 7.75. The van der Waals surface area contributed by atoms with E-state index in [0.717, 1.165) is 17.7 Å². The Morgan fingerprint density at radius 1 is 1.04 bits per heavy atom. The average Bonchev–Trinajstić information content (AvgIpc) is 2.66. The second-order valence-electron chi connectivity index (χ2n) is 5.81. The van der Waals surface area contributed by atoms with E-state index in [4.69, 9.17) is 5.73 Å². The van der Waals surface area contributed by atoms with Crippen LogP contribution in [0.25, 0.3) is 0 Å². The number of benzene rings is 2. The van der Waals surface area contributed by atoms with E-state index in [1.165, 1.54) is 0 Å². The van der Waals surface area contributed by atoms with Crippen molar-refractivity contribution in [3.05, 3.63) is 47.5 Å². The lowest BCUT2D eigenvalue weighted by Crippen LogP contribution is -2.16. The molecule has 2 rings (SSSR count). The van der Waals surface area contributed by atoms with Crippen molar-refractivity contribution < 1.29 is 9.59 Å². The second kappa shape index (κ2) is 10.9. The molecule has 0 aliphatic heterocycles. The van der Waals surface area contributed by atoms with Gasteiger partial charge in [0.2, 0.25) is 5.91 Å². The highest BCUT2D eigenvalue weighted by molar-refractivity contribution is 6.07. The van der Waals surface area contributed by atoms with Crippen molar-refractivity contribution in [1.29, 1.82) is 0 Å². The van der Waals surface area contributed by atoms with Crippen LogP contribution in [0.3, 0.4) is 0 Å². The van der Waals surface area contributed by atoms with Gasteiger partial charge in [0.25, 0.3) is 5.91 Å². The zero-order valence-electron chi connectivity index (χ0n) is 16.8. The van der Waals surface area contributed by atoms with Gasteiger partial charge in [-0.15, -0.1) is 0 Å². The summed E-state index contributed by atoms with van der Waals surface area (Å²) < 4.78 is 0. The molecule has 0 saturated heterocycles. The van der Waals surface area contributed by atoms with Crippen molar-refractivity contribution in [3.63, 3.8) is 0 Å². The first-order chi connectivity index (χ1) is 13.0. The molecular weight excluding hydrogens is 340 g/mol. The molecule has 0 aliphatic carbocycles. The molecule has 0 aromatic heterocycles. The first-order valence-electron chi connectivity index (χ1n) is 9.24. The predicted molar refractivity (Wildman–Crippen MR) is 114 cm³/mol. The Morgan fingerprint density at radius 3 is 2.22 bits per heavy atom. The van der Waals surface area contributed by atoms with Crippen LogP contribution in [-0.4, -0.2) is 18.9 Å². The van der Waals surface area contributed by atoms with Gasteiger partial charge in [0.1, 0.15) is 0 Å². The fourth-order valence-electron chi connectivity index (χ4n) is 2.55. The van der Waals surface area contributed by atoms with E-state index in [2.05, 4.69) is 16.0 Å². The number of nitrogen functional groups attached to an aromatic ring is 1. The van der Waals surface area contributed by atoms with Crippen LogP contribution in [0.1, 0.15) is 49.5 Å². The molecule has 6 heteroatoms. The van der Waals surface area contributed by atoms with E-state index in [-0.39, 0.29) is 11.8 Å². The van der Waals surface area contributed by atoms with Gasteiger partial charge in [-0.1, -0.05) is 32.9 Å². The minimum atomic E-state index is -0.260. The SMILES string of the molecule is CC.CCCC(=O)Nc1c(C)cc(C(=O)Nc2ccccc2NC)cc1N. The van der Waals surface area contributed by atoms with Gasteiger partial charge in [0.05, 0.1) is 22.7 Å². The Morgan fingerprint density at radius 2 is 1.67 bits per heavy atom. The molecule has 2 aromatic rings. The van der Waals surface area contributed by atoms with E-state index in [1.807, 2.05) is 52.0 Å². The fourth-order valence-corrected chi connectivity index (χ4v) is 2.55. The fraction of sp³-hybridized carbons (Fsp3) is 0.333. The molecule has 0 bridgehead atoms. The highest BCUT2D eigenvalue weighted by atomic mass is 16.2. The summed E-state index contributed by atoms with van der Waals surface area (Å²) in [6.07, 6.45) is 1.19. The Hall–Kier alpha value is -3.02. The van der Waals surface area contributed by atoms with Crippen LogP contribution in [0.5, 0.6) is 0 Å². The zero-order chi connectivity index (χ0) is 20.4. The molecule has 0 unspecified atom stereocenters. The lowest BCUT2D eigenvalue weighted by atomic mass is 10.1. The third kappa shape index (κ3) is 6.02. The molecule has 27 heavy (non-hydrogen) atoms. The normalized spacial score (nSPS) is 9.67. The molecule has 0 spiro atoms. The third-order valence-electron chi connectivity index (χ3n) is 3.81. The molecule has 2 amide bonds. The highest BCUT2D eigenvalue weighted by Gasteiger charge is 2.14. The minimum absolute atomic E-state index is 0.0857. The molecule has 146 valence electrons. The number of carbonyl (C=O) groups excluding carboxylic acids is 2. The number of rotatable bonds is 6. The van der Waals surface area contributed by atoms with Gasteiger partial charge in [0.15, 0.2) is 0 Å².